The Balaban J connectivity index is 1.60. The van der Waals surface area contributed by atoms with Crippen molar-refractivity contribution in [1.29, 1.82) is 0 Å². The molecule has 4 rings (SSSR count). The third-order valence-corrected chi connectivity index (χ3v) is 6.58. The standard InChI is InChI=1S/C24H20F6N4O2S/c1-32(2)7-8-33-21(35)20(37-22(33)36)10-14-3-6-19-16(9-14)12-31-34(19)13-15-4-5-17(23(25,26)27)11-18(15)24(28,29)30/h3-6,9-12H,7-8,13H2,1-2H3. The van der Waals surface area contributed by atoms with Gasteiger partial charge in [0.05, 0.1) is 34.3 Å². The number of aromatic nitrogens is 2. The fourth-order valence-electron chi connectivity index (χ4n) is 3.78. The lowest BCUT2D eigenvalue weighted by atomic mass is 10.0. The van der Waals surface area contributed by atoms with Crippen LogP contribution >= 0.6 is 11.8 Å². The van der Waals surface area contributed by atoms with Crippen molar-refractivity contribution in [2.75, 3.05) is 27.2 Å². The molecule has 0 spiro atoms. The Kier molecular flexibility index (Phi) is 7.12. The van der Waals surface area contributed by atoms with Gasteiger partial charge in [-0.25, -0.2) is 0 Å². The van der Waals surface area contributed by atoms with Gasteiger partial charge in [0.2, 0.25) is 0 Å². The van der Waals surface area contributed by atoms with E-state index < -0.39 is 35.9 Å². The van der Waals surface area contributed by atoms with Gasteiger partial charge in [-0.15, -0.1) is 0 Å². The zero-order chi connectivity index (χ0) is 27.1. The first-order valence-corrected chi connectivity index (χ1v) is 11.7. The van der Waals surface area contributed by atoms with Gasteiger partial charge in [0, 0.05) is 18.5 Å². The molecule has 0 radical (unpaired) electrons. The van der Waals surface area contributed by atoms with E-state index in [4.69, 9.17) is 0 Å². The van der Waals surface area contributed by atoms with Gasteiger partial charge >= 0.3 is 12.4 Å². The molecule has 0 N–H and O–H groups in total. The summed E-state index contributed by atoms with van der Waals surface area (Å²) in [4.78, 5) is 28.1. The highest BCUT2D eigenvalue weighted by Gasteiger charge is 2.38. The van der Waals surface area contributed by atoms with Crippen molar-refractivity contribution >= 4 is 39.9 Å². The molecule has 0 aliphatic carbocycles. The number of carbonyl (C=O) groups excluding carboxylic acids is 2. The van der Waals surface area contributed by atoms with E-state index in [1.165, 1.54) is 10.9 Å². The molecule has 1 fully saturated rings. The molecule has 2 heterocycles. The third-order valence-electron chi connectivity index (χ3n) is 5.67. The predicted octanol–water partition coefficient (Wildman–Crippen LogP) is 5.72. The summed E-state index contributed by atoms with van der Waals surface area (Å²) in [5, 5.41) is 4.28. The molecule has 0 unspecified atom stereocenters. The van der Waals surface area contributed by atoms with Crippen LogP contribution in [-0.4, -0.2) is 57.9 Å². The number of amides is 2. The zero-order valence-electron chi connectivity index (χ0n) is 19.5. The Hall–Kier alpha value is -3.32. The van der Waals surface area contributed by atoms with Crippen molar-refractivity contribution in [3.63, 3.8) is 0 Å². The third kappa shape index (κ3) is 5.82. The van der Waals surface area contributed by atoms with Gasteiger partial charge in [-0.3, -0.25) is 19.2 Å². The van der Waals surface area contributed by atoms with Crippen molar-refractivity contribution in [3.05, 3.63) is 69.8 Å². The molecule has 2 aromatic carbocycles. The molecule has 6 nitrogen and oxygen atoms in total. The number of alkyl halides is 6. The number of hydrogen-bond acceptors (Lipinski definition) is 5. The molecule has 1 aliphatic heterocycles. The minimum absolute atomic E-state index is 0.102. The Morgan fingerprint density at radius 1 is 1.00 bits per heavy atom. The number of benzene rings is 2. The monoisotopic (exact) mass is 542 g/mol. The van der Waals surface area contributed by atoms with Crippen molar-refractivity contribution in [2.24, 2.45) is 0 Å². The lowest BCUT2D eigenvalue weighted by Gasteiger charge is -2.16. The van der Waals surface area contributed by atoms with Crippen LogP contribution in [-0.2, 0) is 23.7 Å². The fraction of sp³-hybridized carbons (Fsp3) is 0.292. The Morgan fingerprint density at radius 2 is 1.73 bits per heavy atom. The number of rotatable bonds is 6. The summed E-state index contributed by atoms with van der Waals surface area (Å²) in [6.07, 6.45) is -6.93. The van der Waals surface area contributed by atoms with Crippen LogP contribution in [0.5, 0.6) is 0 Å². The number of halogens is 6. The maximum absolute atomic E-state index is 13.5. The lowest BCUT2D eigenvalue weighted by Crippen LogP contribution is -2.34. The Bertz CT molecular complexity index is 1390. The van der Waals surface area contributed by atoms with Gasteiger partial charge in [0.15, 0.2) is 0 Å². The molecule has 1 saturated heterocycles. The highest BCUT2D eigenvalue weighted by atomic mass is 32.2. The van der Waals surface area contributed by atoms with Crippen molar-refractivity contribution in [2.45, 2.75) is 18.9 Å². The van der Waals surface area contributed by atoms with E-state index in [9.17, 15) is 35.9 Å². The van der Waals surface area contributed by atoms with Crippen molar-refractivity contribution < 1.29 is 35.9 Å². The smallest absolute Gasteiger partial charge is 0.308 e. The summed E-state index contributed by atoms with van der Waals surface area (Å²) in [7, 11) is 3.65. The second kappa shape index (κ2) is 9.86. The summed E-state index contributed by atoms with van der Waals surface area (Å²) in [5.74, 6) is -0.408. The van der Waals surface area contributed by atoms with Gasteiger partial charge in [-0.1, -0.05) is 12.1 Å². The predicted molar refractivity (Wildman–Crippen MR) is 127 cm³/mol. The normalized spacial score (nSPS) is 16.1. The van der Waals surface area contributed by atoms with Gasteiger partial charge in [0.1, 0.15) is 0 Å². The summed E-state index contributed by atoms with van der Waals surface area (Å²) in [6.45, 7) is 0.372. The average molecular weight is 543 g/mol. The first-order chi connectivity index (χ1) is 17.2. The zero-order valence-corrected chi connectivity index (χ0v) is 20.3. The molecule has 196 valence electrons. The molecule has 3 aromatic rings. The highest BCUT2D eigenvalue weighted by Crippen LogP contribution is 2.38. The summed E-state index contributed by atoms with van der Waals surface area (Å²) in [5.41, 5.74) is -2.10. The molecule has 1 aliphatic rings. The first-order valence-electron chi connectivity index (χ1n) is 10.9. The SMILES string of the molecule is CN(C)CCN1C(=O)SC(=Cc2ccc3c(cnn3Cc3ccc(C(F)(F)F)cc3C(F)(F)F)c2)C1=O. The number of thioether (sulfide) groups is 1. The molecule has 2 amide bonds. The number of imide groups is 1. The van der Waals surface area contributed by atoms with Crippen LogP contribution in [0, 0.1) is 0 Å². The molecule has 13 heteroatoms. The molecule has 37 heavy (non-hydrogen) atoms. The van der Waals surface area contributed by atoms with E-state index in [1.54, 1.807) is 24.3 Å². The Labute approximate surface area is 211 Å². The van der Waals surface area contributed by atoms with Crippen molar-refractivity contribution in [3.8, 4) is 0 Å². The van der Waals surface area contributed by atoms with Crippen LogP contribution < -0.4 is 0 Å². The van der Waals surface area contributed by atoms with Gasteiger partial charge < -0.3 is 4.90 Å². The second-order valence-corrected chi connectivity index (χ2v) is 9.62. The number of hydrogen-bond donors (Lipinski definition) is 0. The topological polar surface area (TPSA) is 58.4 Å². The minimum atomic E-state index is -4.98. The molecule has 0 saturated carbocycles. The second-order valence-electron chi connectivity index (χ2n) is 8.62. The van der Waals surface area contributed by atoms with E-state index >= 15 is 0 Å². The quantitative estimate of drug-likeness (QED) is 0.295. The van der Waals surface area contributed by atoms with Crippen LogP contribution in [0.2, 0.25) is 0 Å². The van der Waals surface area contributed by atoms with Gasteiger partial charge in [-0.2, -0.15) is 31.4 Å². The molecular weight excluding hydrogens is 522 g/mol. The summed E-state index contributed by atoms with van der Waals surface area (Å²) >= 11 is 0.820. The van der Waals surface area contributed by atoms with Crippen LogP contribution in [0.3, 0.4) is 0 Å². The first kappa shape index (κ1) is 26.7. The molecule has 1 aromatic heterocycles. The number of carbonyl (C=O) groups is 2. The van der Waals surface area contributed by atoms with E-state index in [-0.39, 0.29) is 28.3 Å². The maximum Gasteiger partial charge on any atom is 0.416 e. The fourth-order valence-corrected chi connectivity index (χ4v) is 4.65. The average Bonchev–Trinajstić information content (AvgIpc) is 3.30. The van der Waals surface area contributed by atoms with E-state index in [1.807, 2.05) is 19.0 Å². The molecule has 0 bridgehead atoms. The number of likely N-dealkylation sites (N-methyl/N-ethyl adjacent to an activating group) is 1. The number of nitrogens with zero attached hydrogens (tertiary/aromatic N) is 4. The van der Waals surface area contributed by atoms with Crippen LogP contribution in [0.4, 0.5) is 31.1 Å². The lowest BCUT2D eigenvalue weighted by molar-refractivity contribution is -0.143. The van der Waals surface area contributed by atoms with Crippen molar-refractivity contribution in [1.82, 2.24) is 19.6 Å². The minimum Gasteiger partial charge on any atom is -0.308 e. The van der Waals surface area contributed by atoms with E-state index in [0.717, 1.165) is 22.7 Å². The summed E-state index contributed by atoms with van der Waals surface area (Å²) < 4.78 is 80.7. The maximum atomic E-state index is 13.5. The molecular formula is C24H20F6N4O2S. The number of fused-ring (bicyclic) bond motifs is 1. The highest BCUT2D eigenvalue weighted by molar-refractivity contribution is 8.18. The van der Waals surface area contributed by atoms with Gasteiger partial charge in [0.25, 0.3) is 11.1 Å². The van der Waals surface area contributed by atoms with Gasteiger partial charge in [-0.05, 0) is 67.3 Å². The van der Waals surface area contributed by atoms with Crippen LogP contribution in [0.15, 0.2) is 47.5 Å². The summed E-state index contributed by atoms with van der Waals surface area (Å²) in [6, 6.07) is 6.38. The van der Waals surface area contributed by atoms with E-state index in [2.05, 4.69) is 5.10 Å². The Morgan fingerprint density at radius 3 is 2.38 bits per heavy atom. The van der Waals surface area contributed by atoms with Crippen LogP contribution in [0.1, 0.15) is 22.3 Å². The molecule has 0 atom stereocenters. The largest absolute Gasteiger partial charge is 0.416 e. The van der Waals surface area contributed by atoms with E-state index in [0.29, 0.717) is 29.1 Å². The van der Waals surface area contributed by atoms with Crippen LogP contribution in [0.25, 0.3) is 17.0 Å².